The fourth-order valence-corrected chi connectivity index (χ4v) is 1.97. The van der Waals surface area contributed by atoms with Crippen molar-refractivity contribution in [3.63, 3.8) is 0 Å². The molecule has 0 unspecified atom stereocenters. The number of aromatic nitrogens is 3. The molecule has 6 heteroatoms. The number of carbonyl (C=O) groups is 1. The van der Waals surface area contributed by atoms with Crippen molar-refractivity contribution in [3.05, 3.63) is 12.2 Å². The highest BCUT2D eigenvalue weighted by atomic mass is 16.5. The first-order valence-corrected chi connectivity index (χ1v) is 6.75. The Labute approximate surface area is 113 Å². The van der Waals surface area contributed by atoms with Crippen molar-refractivity contribution >= 4 is 5.97 Å². The zero-order valence-electron chi connectivity index (χ0n) is 11.8. The first-order valence-electron chi connectivity index (χ1n) is 6.75. The molecule has 0 saturated carbocycles. The van der Waals surface area contributed by atoms with Crippen LogP contribution in [0.4, 0.5) is 0 Å². The van der Waals surface area contributed by atoms with Gasteiger partial charge in [-0.25, -0.2) is 9.67 Å². The molecule has 0 aliphatic carbocycles. The molecule has 0 spiro atoms. The van der Waals surface area contributed by atoms with Crippen LogP contribution in [0.25, 0.3) is 0 Å². The van der Waals surface area contributed by atoms with Crippen LogP contribution in [0.2, 0.25) is 0 Å². The van der Waals surface area contributed by atoms with Crippen LogP contribution in [0.15, 0.2) is 6.33 Å². The second kappa shape index (κ2) is 5.69. The molecule has 1 N–H and O–H groups in total. The molecule has 1 fully saturated rings. The normalized spacial score (nSPS) is 17.4. The summed E-state index contributed by atoms with van der Waals surface area (Å²) < 4.78 is 7.09. The molecule has 2 heterocycles. The minimum Gasteiger partial charge on any atom is -0.457 e. The average molecular weight is 266 g/mol. The van der Waals surface area contributed by atoms with Gasteiger partial charge in [-0.3, -0.25) is 4.79 Å². The summed E-state index contributed by atoms with van der Waals surface area (Å²) in [5.74, 6) is 0.335. The number of nitrogens with zero attached hydrogens (tertiary/aromatic N) is 3. The molecule has 0 aromatic carbocycles. The van der Waals surface area contributed by atoms with E-state index in [1.165, 1.54) is 0 Å². The molecule has 106 valence electrons. The zero-order chi connectivity index (χ0) is 13.9. The van der Waals surface area contributed by atoms with Crippen LogP contribution in [-0.4, -0.2) is 33.8 Å². The third kappa shape index (κ3) is 3.76. The summed E-state index contributed by atoms with van der Waals surface area (Å²) >= 11 is 0. The lowest BCUT2D eigenvalue weighted by molar-refractivity contribution is -0.154. The predicted octanol–water partition coefficient (Wildman–Crippen LogP) is 1.29. The number of carbonyl (C=O) groups excluding carboxylic acids is 1. The van der Waals surface area contributed by atoms with Gasteiger partial charge in [0.2, 0.25) is 0 Å². The van der Waals surface area contributed by atoms with E-state index in [4.69, 9.17) is 4.74 Å². The standard InChI is InChI=1S/C13H22N4O2/c1-13(2,3)12(18)19-8-11-15-9-17(16-11)10-4-6-14-7-5-10/h9-10,14H,4-8H2,1-3H3. The fraction of sp³-hybridized carbons (Fsp3) is 0.769. The van der Waals surface area contributed by atoms with Gasteiger partial charge in [-0.2, -0.15) is 5.10 Å². The van der Waals surface area contributed by atoms with E-state index in [1.807, 2.05) is 25.5 Å². The Hall–Kier alpha value is -1.43. The summed E-state index contributed by atoms with van der Waals surface area (Å²) in [5, 5.41) is 7.71. The molecule has 6 nitrogen and oxygen atoms in total. The highest BCUT2D eigenvalue weighted by Gasteiger charge is 2.23. The zero-order valence-corrected chi connectivity index (χ0v) is 11.8. The van der Waals surface area contributed by atoms with Crippen molar-refractivity contribution in [1.82, 2.24) is 20.1 Å². The summed E-state index contributed by atoms with van der Waals surface area (Å²) in [7, 11) is 0. The quantitative estimate of drug-likeness (QED) is 0.835. The molecule has 0 bridgehead atoms. The Morgan fingerprint density at radius 1 is 1.47 bits per heavy atom. The molecule has 1 aliphatic rings. The third-order valence-electron chi connectivity index (χ3n) is 3.18. The van der Waals surface area contributed by atoms with Gasteiger partial charge in [-0.15, -0.1) is 0 Å². The summed E-state index contributed by atoms with van der Waals surface area (Å²) in [4.78, 5) is 15.9. The average Bonchev–Trinajstić information content (AvgIpc) is 2.84. The number of hydrogen-bond donors (Lipinski definition) is 1. The number of piperidine rings is 1. The molecular weight excluding hydrogens is 244 g/mol. The summed E-state index contributed by atoms with van der Waals surface area (Å²) in [6.07, 6.45) is 3.85. The Bertz CT molecular complexity index is 430. The van der Waals surface area contributed by atoms with E-state index in [1.54, 1.807) is 6.33 Å². The van der Waals surface area contributed by atoms with Gasteiger partial charge < -0.3 is 10.1 Å². The van der Waals surface area contributed by atoms with E-state index >= 15 is 0 Å². The van der Waals surface area contributed by atoms with E-state index < -0.39 is 5.41 Å². The van der Waals surface area contributed by atoms with Crippen molar-refractivity contribution in [2.75, 3.05) is 13.1 Å². The lowest BCUT2D eigenvalue weighted by atomic mass is 9.97. The third-order valence-corrected chi connectivity index (χ3v) is 3.18. The molecule has 0 atom stereocenters. The van der Waals surface area contributed by atoms with Crippen molar-refractivity contribution in [2.45, 2.75) is 46.3 Å². The van der Waals surface area contributed by atoms with Crippen LogP contribution in [0.1, 0.15) is 45.5 Å². The second-order valence-corrected chi connectivity index (χ2v) is 5.95. The Morgan fingerprint density at radius 3 is 2.79 bits per heavy atom. The first-order chi connectivity index (χ1) is 8.97. The van der Waals surface area contributed by atoms with Gasteiger partial charge in [-0.05, 0) is 46.7 Å². The van der Waals surface area contributed by atoms with E-state index in [-0.39, 0.29) is 12.6 Å². The summed E-state index contributed by atoms with van der Waals surface area (Å²) in [6, 6.07) is 0.404. The minimum absolute atomic E-state index is 0.147. The van der Waals surface area contributed by atoms with E-state index in [2.05, 4.69) is 15.4 Å². The topological polar surface area (TPSA) is 69.0 Å². The monoisotopic (exact) mass is 266 g/mol. The van der Waals surface area contributed by atoms with Crippen LogP contribution in [0, 0.1) is 5.41 Å². The van der Waals surface area contributed by atoms with Crippen LogP contribution in [-0.2, 0) is 16.1 Å². The van der Waals surface area contributed by atoms with Crippen LogP contribution >= 0.6 is 0 Å². The maximum atomic E-state index is 11.7. The summed E-state index contributed by atoms with van der Waals surface area (Å²) in [6.45, 7) is 7.66. The molecule has 0 amide bonds. The minimum atomic E-state index is -0.488. The molecule has 0 radical (unpaired) electrons. The Morgan fingerprint density at radius 2 is 2.16 bits per heavy atom. The van der Waals surface area contributed by atoms with Crippen molar-refractivity contribution in [3.8, 4) is 0 Å². The number of rotatable bonds is 3. The van der Waals surface area contributed by atoms with Crippen molar-refractivity contribution < 1.29 is 9.53 Å². The fourth-order valence-electron chi connectivity index (χ4n) is 1.97. The van der Waals surface area contributed by atoms with Gasteiger partial charge >= 0.3 is 5.97 Å². The van der Waals surface area contributed by atoms with Crippen LogP contribution in [0.3, 0.4) is 0 Å². The van der Waals surface area contributed by atoms with E-state index in [0.29, 0.717) is 11.9 Å². The molecule has 1 saturated heterocycles. The number of esters is 1. The van der Waals surface area contributed by atoms with Crippen LogP contribution in [0.5, 0.6) is 0 Å². The SMILES string of the molecule is CC(C)(C)C(=O)OCc1ncn(C2CCNCC2)n1. The van der Waals surface area contributed by atoms with Gasteiger partial charge in [0, 0.05) is 0 Å². The molecule has 19 heavy (non-hydrogen) atoms. The molecular formula is C13H22N4O2. The maximum absolute atomic E-state index is 11.7. The summed E-state index contributed by atoms with van der Waals surface area (Å²) in [5.41, 5.74) is -0.488. The van der Waals surface area contributed by atoms with Crippen molar-refractivity contribution in [2.24, 2.45) is 5.41 Å². The Kier molecular flexibility index (Phi) is 4.19. The van der Waals surface area contributed by atoms with Gasteiger partial charge in [0.1, 0.15) is 6.33 Å². The largest absolute Gasteiger partial charge is 0.457 e. The van der Waals surface area contributed by atoms with E-state index in [9.17, 15) is 4.79 Å². The van der Waals surface area contributed by atoms with Gasteiger partial charge in [0.15, 0.2) is 12.4 Å². The number of hydrogen-bond acceptors (Lipinski definition) is 5. The van der Waals surface area contributed by atoms with Gasteiger partial charge in [0.05, 0.1) is 11.5 Å². The van der Waals surface area contributed by atoms with E-state index in [0.717, 1.165) is 25.9 Å². The van der Waals surface area contributed by atoms with Gasteiger partial charge in [-0.1, -0.05) is 0 Å². The highest BCUT2D eigenvalue weighted by molar-refractivity contribution is 5.75. The molecule has 1 aromatic heterocycles. The van der Waals surface area contributed by atoms with Gasteiger partial charge in [0.25, 0.3) is 0 Å². The smallest absolute Gasteiger partial charge is 0.311 e. The second-order valence-electron chi connectivity index (χ2n) is 5.95. The van der Waals surface area contributed by atoms with Crippen LogP contribution < -0.4 is 5.32 Å². The first kappa shape index (κ1) is 14.0. The molecule has 2 rings (SSSR count). The number of nitrogens with one attached hydrogen (secondary N) is 1. The van der Waals surface area contributed by atoms with Crippen molar-refractivity contribution in [1.29, 1.82) is 0 Å². The highest BCUT2D eigenvalue weighted by Crippen LogP contribution is 2.18. The lowest BCUT2D eigenvalue weighted by Crippen LogP contribution is -2.29. The molecule has 1 aliphatic heterocycles. The lowest BCUT2D eigenvalue weighted by Gasteiger charge is -2.22. The molecule has 1 aromatic rings. The Balaban J connectivity index is 1.89. The maximum Gasteiger partial charge on any atom is 0.311 e. The predicted molar refractivity (Wildman–Crippen MR) is 70.4 cm³/mol. The number of ether oxygens (including phenoxy) is 1.